The van der Waals surface area contributed by atoms with E-state index in [0.29, 0.717) is 19.5 Å². The number of carbonyl (C=O) groups is 2. The second-order valence-electron chi connectivity index (χ2n) is 7.30. The number of carbonyl (C=O) groups excluding carboxylic acids is 2. The smallest absolute Gasteiger partial charge is 0.230 e. The lowest BCUT2D eigenvalue weighted by molar-refractivity contribution is -0.155. The molecule has 4 nitrogen and oxygen atoms in total. The molecule has 3 rings (SSSR count). The Kier molecular flexibility index (Phi) is 4.86. The van der Waals surface area contributed by atoms with Gasteiger partial charge in [-0.2, -0.15) is 0 Å². The molecule has 0 aromatic heterocycles. The zero-order valence-electron chi connectivity index (χ0n) is 14.6. The summed E-state index contributed by atoms with van der Waals surface area (Å²) in [4.78, 5) is 28.4. The van der Waals surface area contributed by atoms with Crippen LogP contribution in [0.1, 0.15) is 45.1 Å². The SMILES string of the molecule is CCC1(C)CC(=O)N(CN2CC=C(c3ccccc3)CC2)C(=O)C1. The maximum atomic E-state index is 12.4. The molecule has 4 heteroatoms. The molecule has 1 aromatic carbocycles. The Morgan fingerprint density at radius 1 is 1.08 bits per heavy atom. The van der Waals surface area contributed by atoms with E-state index in [1.807, 2.05) is 13.0 Å². The third-order valence-corrected chi connectivity index (χ3v) is 5.39. The Morgan fingerprint density at radius 2 is 1.75 bits per heavy atom. The van der Waals surface area contributed by atoms with Crippen LogP contribution in [0.2, 0.25) is 0 Å². The molecule has 0 radical (unpaired) electrons. The molecule has 128 valence electrons. The Morgan fingerprint density at radius 3 is 2.29 bits per heavy atom. The Balaban J connectivity index is 1.61. The zero-order valence-corrected chi connectivity index (χ0v) is 14.6. The molecule has 0 saturated carbocycles. The van der Waals surface area contributed by atoms with Gasteiger partial charge in [-0.3, -0.25) is 19.4 Å². The average Bonchev–Trinajstić information content (AvgIpc) is 2.59. The van der Waals surface area contributed by atoms with E-state index in [4.69, 9.17) is 0 Å². The van der Waals surface area contributed by atoms with Gasteiger partial charge in [0.25, 0.3) is 0 Å². The van der Waals surface area contributed by atoms with Crippen LogP contribution < -0.4 is 0 Å². The number of benzene rings is 1. The molecule has 2 aliphatic rings. The van der Waals surface area contributed by atoms with Gasteiger partial charge in [-0.25, -0.2) is 0 Å². The molecular formula is C20H26N2O2. The number of imide groups is 1. The molecule has 2 amide bonds. The van der Waals surface area contributed by atoms with E-state index >= 15 is 0 Å². The van der Waals surface area contributed by atoms with Gasteiger partial charge in [0, 0.05) is 25.9 Å². The van der Waals surface area contributed by atoms with Crippen molar-refractivity contribution in [2.75, 3.05) is 19.8 Å². The largest absolute Gasteiger partial charge is 0.282 e. The highest BCUT2D eigenvalue weighted by molar-refractivity contribution is 5.98. The van der Waals surface area contributed by atoms with Crippen molar-refractivity contribution in [3.05, 3.63) is 42.0 Å². The van der Waals surface area contributed by atoms with Gasteiger partial charge in [0.05, 0.1) is 6.67 Å². The molecule has 24 heavy (non-hydrogen) atoms. The molecular weight excluding hydrogens is 300 g/mol. The third kappa shape index (κ3) is 3.59. The predicted octanol–water partition coefficient (Wildman–Crippen LogP) is 3.30. The van der Waals surface area contributed by atoms with Crippen molar-refractivity contribution in [1.29, 1.82) is 0 Å². The number of amides is 2. The maximum Gasteiger partial charge on any atom is 0.230 e. The minimum Gasteiger partial charge on any atom is -0.282 e. The zero-order chi connectivity index (χ0) is 17.2. The van der Waals surface area contributed by atoms with E-state index in [1.165, 1.54) is 16.0 Å². The first-order valence-electron chi connectivity index (χ1n) is 8.81. The molecule has 2 heterocycles. The van der Waals surface area contributed by atoms with Crippen molar-refractivity contribution in [3.8, 4) is 0 Å². The summed E-state index contributed by atoms with van der Waals surface area (Å²) in [5, 5.41) is 0. The van der Waals surface area contributed by atoms with Crippen LogP contribution in [0, 0.1) is 5.41 Å². The molecule has 0 spiro atoms. The minimum absolute atomic E-state index is 0.0200. The predicted molar refractivity (Wildman–Crippen MR) is 95.0 cm³/mol. The Bertz CT molecular complexity index is 633. The highest BCUT2D eigenvalue weighted by Gasteiger charge is 2.39. The first-order valence-corrected chi connectivity index (χ1v) is 8.81. The molecule has 0 bridgehead atoms. The van der Waals surface area contributed by atoms with Gasteiger partial charge >= 0.3 is 0 Å². The van der Waals surface area contributed by atoms with Gasteiger partial charge in [0.15, 0.2) is 0 Å². The molecule has 0 aliphatic carbocycles. The quantitative estimate of drug-likeness (QED) is 0.797. The number of nitrogens with zero attached hydrogens (tertiary/aromatic N) is 2. The van der Waals surface area contributed by atoms with Crippen LogP contribution in [0.3, 0.4) is 0 Å². The van der Waals surface area contributed by atoms with Crippen molar-refractivity contribution in [2.45, 2.75) is 39.5 Å². The van der Waals surface area contributed by atoms with E-state index in [2.05, 4.69) is 42.2 Å². The number of piperidine rings is 1. The first kappa shape index (κ1) is 16.9. The molecule has 0 N–H and O–H groups in total. The third-order valence-electron chi connectivity index (χ3n) is 5.39. The average molecular weight is 326 g/mol. The summed E-state index contributed by atoms with van der Waals surface area (Å²) in [6.07, 6.45) is 4.99. The molecule has 2 aliphatic heterocycles. The summed E-state index contributed by atoms with van der Waals surface area (Å²) in [5.41, 5.74) is 2.45. The summed E-state index contributed by atoms with van der Waals surface area (Å²) in [5.74, 6) is -0.0399. The Hall–Kier alpha value is -1.94. The fourth-order valence-corrected chi connectivity index (χ4v) is 3.48. The fourth-order valence-electron chi connectivity index (χ4n) is 3.48. The second kappa shape index (κ2) is 6.89. The van der Waals surface area contributed by atoms with Crippen molar-refractivity contribution in [1.82, 2.24) is 9.80 Å². The summed E-state index contributed by atoms with van der Waals surface area (Å²) in [6, 6.07) is 10.4. The molecule has 0 unspecified atom stereocenters. The molecule has 1 fully saturated rings. The summed E-state index contributed by atoms with van der Waals surface area (Å²) in [6.45, 7) is 6.18. The van der Waals surface area contributed by atoms with Crippen molar-refractivity contribution in [2.24, 2.45) is 5.41 Å². The lowest BCUT2D eigenvalue weighted by Crippen LogP contribution is -2.51. The number of rotatable bonds is 4. The highest BCUT2D eigenvalue weighted by Crippen LogP contribution is 2.35. The van der Waals surface area contributed by atoms with E-state index in [-0.39, 0.29) is 17.2 Å². The van der Waals surface area contributed by atoms with Crippen molar-refractivity contribution >= 4 is 17.4 Å². The number of hydrogen-bond acceptors (Lipinski definition) is 3. The van der Waals surface area contributed by atoms with Crippen LogP contribution in [-0.2, 0) is 9.59 Å². The summed E-state index contributed by atoms with van der Waals surface area (Å²) in [7, 11) is 0. The van der Waals surface area contributed by atoms with Gasteiger partial charge in [-0.1, -0.05) is 50.3 Å². The second-order valence-corrected chi connectivity index (χ2v) is 7.30. The molecule has 0 atom stereocenters. The minimum atomic E-state index is -0.160. The van der Waals surface area contributed by atoms with E-state index in [9.17, 15) is 9.59 Å². The van der Waals surface area contributed by atoms with E-state index in [1.54, 1.807) is 0 Å². The first-order chi connectivity index (χ1) is 11.5. The van der Waals surface area contributed by atoms with Crippen LogP contribution in [0.25, 0.3) is 5.57 Å². The lowest BCUT2D eigenvalue weighted by Gasteiger charge is -2.39. The normalized spacial score (nSPS) is 21.8. The molecule has 1 aromatic rings. The highest BCUT2D eigenvalue weighted by atomic mass is 16.2. The van der Waals surface area contributed by atoms with Gasteiger partial charge in [0.2, 0.25) is 11.8 Å². The van der Waals surface area contributed by atoms with Gasteiger partial charge in [0.1, 0.15) is 0 Å². The Labute approximate surface area is 144 Å². The van der Waals surface area contributed by atoms with Crippen LogP contribution in [0.4, 0.5) is 0 Å². The summed E-state index contributed by atoms with van der Waals surface area (Å²) >= 11 is 0. The van der Waals surface area contributed by atoms with Gasteiger partial charge < -0.3 is 0 Å². The standard InChI is InChI=1S/C20H26N2O2/c1-3-20(2)13-18(23)22(19(24)14-20)15-21-11-9-17(10-12-21)16-7-5-4-6-8-16/h4-9H,3,10-15H2,1-2H3. The van der Waals surface area contributed by atoms with Crippen LogP contribution in [0.5, 0.6) is 0 Å². The number of likely N-dealkylation sites (tertiary alicyclic amines) is 1. The number of hydrogen-bond donors (Lipinski definition) is 0. The van der Waals surface area contributed by atoms with Gasteiger partial charge in [-0.15, -0.1) is 0 Å². The van der Waals surface area contributed by atoms with Crippen molar-refractivity contribution < 1.29 is 9.59 Å². The van der Waals surface area contributed by atoms with Crippen LogP contribution in [-0.4, -0.2) is 41.4 Å². The van der Waals surface area contributed by atoms with E-state index in [0.717, 1.165) is 25.9 Å². The summed E-state index contributed by atoms with van der Waals surface area (Å²) < 4.78 is 0. The van der Waals surface area contributed by atoms with Crippen molar-refractivity contribution in [3.63, 3.8) is 0 Å². The van der Waals surface area contributed by atoms with Crippen LogP contribution in [0.15, 0.2) is 36.4 Å². The monoisotopic (exact) mass is 326 g/mol. The molecule has 1 saturated heterocycles. The van der Waals surface area contributed by atoms with Crippen LogP contribution >= 0.6 is 0 Å². The topological polar surface area (TPSA) is 40.6 Å². The maximum absolute atomic E-state index is 12.4. The fraction of sp³-hybridized carbons (Fsp3) is 0.500. The van der Waals surface area contributed by atoms with Gasteiger partial charge in [-0.05, 0) is 29.4 Å². The lowest BCUT2D eigenvalue weighted by atomic mass is 9.77. The van der Waals surface area contributed by atoms with E-state index < -0.39 is 0 Å².